The number of hydrogen-bond acceptors (Lipinski definition) is 2. The third-order valence-electron chi connectivity index (χ3n) is 2.45. The summed E-state index contributed by atoms with van der Waals surface area (Å²) in [6, 6.07) is 1.67. The van der Waals surface area contributed by atoms with Crippen LogP contribution in [-0.4, -0.2) is 15.8 Å². The van der Waals surface area contributed by atoms with Crippen LogP contribution in [0.3, 0.4) is 0 Å². The summed E-state index contributed by atoms with van der Waals surface area (Å²) in [4.78, 5) is 0. The van der Waals surface area contributed by atoms with Gasteiger partial charge in [0.05, 0.1) is 5.60 Å². The van der Waals surface area contributed by atoms with Gasteiger partial charge in [-0.3, -0.25) is 0 Å². The van der Waals surface area contributed by atoms with Crippen molar-refractivity contribution in [2.24, 2.45) is 0 Å². The predicted octanol–water partition coefficient (Wildman–Crippen LogP) is 1.74. The highest BCUT2D eigenvalue weighted by atomic mass is 19.1. The summed E-state index contributed by atoms with van der Waals surface area (Å²) in [5.74, 6) is -2.28. The third kappa shape index (κ3) is 1.70. The molecule has 1 aromatic rings. The summed E-state index contributed by atoms with van der Waals surface area (Å²) in [7, 11) is 0. The van der Waals surface area contributed by atoms with Gasteiger partial charge in [0.1, 0.15) is 5.82 Å². The van der Waals surface area contributed by atoms with E-state index >= 15 is 0 Å². The standard InChI is InChI=1S/C10H10F2O2/c11-7-3-6(5-10(14)1-2-10)9(13)8(12)4-7/h3-4,13-14H,1-2,5H2. The Morgan fingerprint density at radius 1 is 1.29 bits per heavy atom. The van der Waals surface area contributed by atoms with Crippen LogP contribution >= 0.6 is 0 Å². The van der Waals surface area contributed by atoms with Gasteiger partial charge in [-0.2, -0.15) is 0 Å². The van der Waals surface area contributed by atoms with E-state index in [0.29, 0.717) is 18.9 Å². The third-order valence-corrected chi connectivity index (χ3v) is 2.45. The monoisotopic (exact) mass is 200 g/mol. The molecule has 0 amide bonds. The lowest BCUT2D eigenvalue weighted by Gasteiger charge is -2.09. The second-order valence-corrected chi connectivity index (χ2v) is 3.80. The molecule has 2 nitrogen and oxygen atoms in total. The Morgan fingerprint density at radius 3 is 2.50 bits per heavy atom. The second-order valence-electron chi connectivity index (χ2n) is 3.80. The average molecular weight is 200 g/mol. The Kier molecular flexibility index (Phi) is 1.96. The molecule has 14 heavy (non-hydrogen) atoms. The Morgan fingerprint density at radius 2 is 1.93 bits per heavy atom. The van der Waals surface area contributed by atoms with Crippen LogP contribution < -0.4 is 0 Å². The molecule has 1 aromatic carbocycles. The van der Waals surface area contributed by atoms with E-state index in [4.69, 9.17) is 0 Å². The predicted molar refractivity (Wildman–Crippen MR) is 45.9 cm³/mol. The minimum atomic E-state index is -0.982. The topological polar surface area (TPSA) is 40.5 Å². The second kappa shape index (κ2) is 2.92. The first kappa shape index (κ1) is 9.40. The fraction of sp³-hybridized carbons (Fsp3) is 0.400. The molecule has 0 heterocycles. The van der Waals surface area contributed by atoms with Gasteiger partial charge in [-0.05, 0) is 18.9 Å². The van der Waals surface area contributed by atoms with Gasteiger partial charge in [-0.25, -0.2) is 8.78 Å². The molecule has 0 spiro atoms. The number of phenolic OH excluding ortho intramolecular Hbond substituents is 1. The van der Waals surface area contributed by atoms with Crippen LogP contribution in [0.25, 0.3) is 0 Å². The summed E-state index contributed by atoms with van der Waals surface area (Å²) in [6.07, 6.45) is 1.34. The lowest BCUT2D eigenvalue weighted by Crippen LogP contribution is -2.11. The molecule has 2 rings (SSSR count). The zero-order valence-corrected chi connectivity index (χ0v) is 7.43. The van der Waals surface area contributed by atoms with Crippen molar-refractivity contribution in [1.29, 1.82) is 0 Å². The molecule has 1 aliphatic rings. The summed E-state index contributed by atoms with van der Waals surface area (Å²) in [6.45, 7) is 0. The van der Waals surface area contributed by atoms with E-state index in [9.17, 15) is 19.0 Å². The molecule has 1 fully saturated rings. The number of rotatable bonds is 2. The normalized spacial score (nSPS) is 18.2. The number of phenols is 1. The lowest BCUT2D eigenvalue weighted by molar-refractivity contribution is 0.149. The van der Waals surface area contributed by atoms with Crippen molar-refractivity contribution in [3.8, 4) is 5.75 Å². The molecule has 0 saturated heterocycles. The van der Waals surface area contributed by atoms with Crippen LogP contribution in [0.15, 0.2) is 12.1 Å². The number of benzene rings is 1. The van der Waals surface area contributed by atoms with Gasteiger partial charge in [-0.1, -0.05) is 0 Å². The molecule has 0 aromatic heterocycles. The van der Waals surface area contributed by atoms with Crippen molar-refractivity contribution in [3.05, 3.63) is 29.3 Å². The van der Waals surface area contributed by atoms with E-state index in [2.05, 4.69) is 0 Å². The van der Waals surface area contributed by atoms with E-state index in [1.54, 1.807) is 0 Å². The maximum absolute atomic E-state index is 12.9. The SMILES string of the molecule is Oc1c(F)cc(F)cc1CC1(O)CC1. The highest BCUT2D eigenvalue weighted by Gasteiger charge is 2.41. The molecule has 2 N–H and O–H groups in total. The van der Waals surface area contributed by atoms with E-state index < -0.39 is 23.0 Å². The van der Waals surface area contributed by atoms with Crippen LogP contribution in [0.1, 0.15) is 18.4 Å². The zero-order chi connectivity index (χ0) is 10.3. The molecule has 76 valence electrons. The Hall–Kier alpha value is -1.16. The lowest BCUT2D eigenvalue weighted by atomic mass is 10.1. The quantitative estimate of drug-likeness (QED) is 0.763. The minimum Gasteiger partial charge on any atom is -0.505 e. The number of halogens is 2. The van der Waals surface area contributed by atoms with Gasteiger partial charge in [-0.15, -0.1) is 0 Å². The van der Waals surface area contributed by atoms with Crippen molar-refractivity contribution in [2.75, 3.05) is 0 Å². The van der Waals surface area contributed by atoms with Crippen molar-refractivity contribution >= 4 is 0 Å². The Balaban J connectivity index is 2.32. The smallest absolute Gasteiger partial charge is 0.168 e. The van der Waals surface area contributed by atoms with Crippen molar-refractivity contribution < 1.29 is 19.0 Å². The minimum absolute atomic E-state index is 0.105. The largest absolute Gasteiger partial charge is 0.505 e. The fourth-order valence-corrected chi connectivity index (χ4v) is 1.43. The number of aromatic hydroxyl groups is 1. The summed E-state index contributed by atoms with van der Waals surface area (Å²) < 4.78 is 25.6. The molecular formula is C10H10F2O2. The first-order chi connectivity index (χ1) is 6.50. The van der Waals surface area contributed by atoms with Crippen LogP contribution in [0.5, 0.6) is 5.75 Å². The molecule has 1 aliphatic carbocycles. The summed E-state index contributed by atoms with van der Waals surface area (Å²) in [5.41, 5.74) is -0.736. The van der Waals surface area contributed by atoms with E-state index in [0.717, 1.165) is 6.07 Å². The van der Waals surface area contributed by atoms with Crippen molar-refractivity contribution in [1.82, 2.24) is 0 Å². The molecule has 1 saturated carbocycles. The molecule has 0 radical (unpaired) electrons. The fourth-order valence-electron chi connectivity index (χ4n) is 1.43. The first-order valence-corrected chi connectivity index (χ1v) is 4.39. The molecular weight excluding hydrogens is 190 g/mol. The molecule has 0 unspecified atom stereocenters. The highest BCUT2D eigenvalue weighted by molar-refractivity contribution is 5.36. The van der Waals surface area contributed by atoms with Gasteiger partial charge in [0.25, 0.3) is 0 Å². The van der Waals surface area contributed by atoms with E-state index in [1.165, 1.54) is 0 Å². The average Bonchev–Trinajstić information content (AvgIpc) is 2.79. The van der Waals surface area contributed by atoms with E-state index in [1.807, 2.05) is 0 Å². The number of hydrogen-bond donors (Lipinski definition) is 2. The van der Waals surface area contributed by atoms with Crippen LogP contribution in [0, 0.1) is 11.6 Å². The van der Waals surface area contributed by atoms with Crippen LogP contribution in [-0.2, 0) is 6.42 Å². The summed E-state index contributed by atoms with van der Waals surface area (Å²) in [5, 5.41) is 18.8. The summed E-state index contributed by atoms with van der Waals surface area (Å²) >= 11 is 0. The van der Waals surface area contributed by atoms with Gasteiger partial charge >= 0.3 is 0 Å². The first-order valence-electron chi connectivity index (χ1n) is 4.39. The molecule has 0 bridgehead atoms. The Bertz CT molecular complexity index is 373. The van der Waals surface area contributed by atoms with Crippen molar-refractivity contribution in [2.45, 2.75) is 24.9 Å². The highest BCUT2D eigenvalue weighted by Crippen LogP contribution is 2.40. The molecule has 0 atom stereocenters. The molecule has 4 heteroatoms. The number of aliphatic hydroxyl groups is 1. The van der Waals surface area contributed by atoms with Gasteiger partial charge in [0.2, 0.25) is 0 Å². The van der Waals surface area contributed by atoms with Crippen LogP contribution in [0.2, 0.25) is 0 Å². The molecule has 0 aliphatic heterocycles. The zero-order valence-electron chi connectivity index (χ0n) is 7.43. The van der Waals surface area contributed by atoms with E-state index in [-0.39, 0.29) is 12.0 Å². The van der Waals surface area contributed by atoms with Gasteiger partial charge in [0, 0.05) is 18.1 Å². The van der Waals surface area contributed by atoms with Crippen molar-refractivity contribution in [3.63, 3.8) is 0 Å². The van der Waals surface area contributed by atoms with Gasteiger partial charge < -0.3 is 10.2 Å². The Labute approximate surface area is 79.8 Å². The van der Waals surface area contributed by atoms with Crippen LogP contribution in [0.4, 0.5) is 8.78 Å². The maximum Gasteiger partial charge on any atom is 0.168 e. The van der Waals surface area contributed by atoms with Gasteiger partial charge in [0.15, 0.2) is 11.6 Å². The maximum atomic E-state index is 12.9.